The van der Waals surface area contributed by atoms with Gasteiger partial charge in [-0.1, -0.05) is 26.7 Å². The van der Waals surface area contributed by atoms with Crippen molar-refractivity contribution in [3.63, 3.8) is 0 Å². The maximum atomic E-state index is 3.75. The lowest BCUT2D eigenvalue weighted by atomic mass is 10.0. The molecule has 0 aromatic carbocycles. The lowest BCUT2D eigenvalue weighted by Crippen LogP contribution is -2.45. The van der Waals surface area contributed by atoms with E-state index in [1.165, 1.54) is 37.2 Å². The average Bonchev–Trinajstić information content (AvgIpc) is 3.12. The van der Waals surface area contributed by atoms with E-state index in [2.05, 4.69) is 42.7 Å². The topological polar surface area (TPSA) is 12.0 Å². The molecule has 2 fully saturated rings. The van der Waals surface area contributed by atoms with Gasteiger partial charge in [0.05, 0.1) is 0 Å². The van der Waals surface area contributed by atoms with Crippen molar-refractivity contribution >= 4 is 23.5 Å². The summed E-state index contributed by atoms with van der Waals surface area (Å²) < 4.78 is 0. The molecule has 1 saturated carbocycles. The monoisotopic (exact) mass is 259 g/mol. The van der Waals surface area contributed by atoms with Crippen molar-refractivity contribution in [2.45, 2.75) is 56.1 Å². The highest BCUT2D eigenvalue weighted by Gasteiger charge is 2.35. The quantitative estimate of drug-likeness (QED) is 0.785. The molecule has 2 aliphatic rings. The Balaban J connectivity index is 1.91. The van der Waals surface area contributed by atoms with E-state index in [-0.39, 0.29) is 0 Å². The summed E-state index contributed by atoms with van der Waals surface area (Å²) in [5, 5.41) is 5.51. The Morgan fingerprint density at radius 2 is 1.94 bits per heavy atom. The molecule has 0 aromatic rings. The van der Waals surface area contributed by atoms with Crippen LogP contribution in [0.3, 0.4) is 0 Å². The van der Waals surface area contributed by atoms with Crippen molar-refractivity contribution in [1.82, 2.24) is 5.32 Å². The first-order chi connectivity index (χ1) is 7.85. The van der Waals surface area contributed by atoms with Gasteiger partial charge in [0.25, 0.3) is 0 Å². The van der Waals surface area contributed by atoms with Crippen LogP contribution in [0.2, 0.25) is 0 Å². The number of rotatable bonds is 6. The second-order valence-electron chi connectivity index (χ2n) is 5.00. The number of nitrogens with one attached hydrogen (secondary N) is 1. The number of hydrogen-bond donors (Lipinski definition) is 1. The smallest absolute Gasteiger partial charge is 0.0320 e. The minimum Gasteiger partial charge on any atom is -0.313 e. The molecular formula is C13H25NS2. The minimum atomic E-state index is 0.778. The summed E-state index contributed by atoms with van der Waals surface area (Å²) in [4.78, 5) is 0. The molecule has 2 rings (SSSR count). The molecule has 1 aliphatic heterocycles. The molecule has 0 spiro atoms. The van der Waals surface area contributed by atoms with E-state index in [0.29, 0.717) is 0 Å². The van der Waals surface area contributed by atoms with E-state index in [1.807, 2.05) is 0 Å². The Morgan fingerprint density at radius 1 is 1.19 bits per heavy atom. The van der Waals surface area contributed by atoms with Crippen molar-refractivity contribution in [2.75, 3.05) is 18.1 Å². The standard InChI is InChI=1S/C13H25NS2/c1-3-12-13(16-8-7-15-12)11(14-4-2)9-10-5-6-10/h10-14H,3-9H2,1-2H3. The third kappa shape index (κ3) is 3.58. The van der Waals surface area contributed by atoms with Crippen molar-refractivity contribution in [1.29, 1.82) is 0 Å². The van der Waals surface area contributed by atoms with Gasteiger partial charge in [-0.3, -0.25) is 0 Å². The maximum absolute atomic E-state index is 3.75. The third-order valence-electron chi connectivity index (χ3n) is 3.64. The summed E-state index contributed by atoms with van der Waals surface area (Å²) in [6.45, 7) is 5.74. The van der Waals surface area contributed by atoms with Crippen molar-refractivity contribution in [3.05, 3.63) is 0 Å². The summed E-state index contributed by atoms with van der Waals surface area (Å²) in [5.41, 5.74) is 0. The Morgan fingerprint density at radius 3 is 2.56 bits per heavy atom. The SMILES string of the molecule is CCNC(CC1CC1)C1SCCSC1CC. The van der Waals surface area contributed by atoms with Crippen LogP contribution < -0.4 is 5.32 Å². The predicted octanol–water partition coefficient (Wildman–Crippen LogP) is 3.39. The first-order valence-corrected chi connectivity index (χ1v) is 8.91. The molecule has 0 bridgehead atoms. The van der Waals surface area contributed by atoms with Gasteiger partial charge in [0, 0.05) is 28.0 Å². The van der Waals surface area contributed by atoms with Gasteiger partial charge in [0.1, 0.15) is 0 Å². The highest BCUT2D eigenvalue weighted by atomic mass is 32.2. The van der Waals surface area contributed by atoms with Gasteiger partial charge in [-0.2, -0.15) is 23.5 Å². The number of hydrogen-bond acceptors (Lipinski definition) is 3. The molecule has 3 atom stereocenters. The van der Waals surface area contributed by atoms with E-state index >= 15 is 0 Å². The van der Waals surface area contributed by atoms with E-state index in [4.69, 9.17) is 0 Å². The Kier molecular flexibility index (Phi) is 5.37. The maximum Gasteiger partial charge on any atom is 0.0320 e. The third-order valence-corrected chi connectivity index (χ3v) is 7.05. The van der Waals surface area contributed by atoms with Crippen LogP contribution >= 0.6 is 23.5 Å². The zero-order chi connectivity index (χ0) is 11.4. The van der Waals surface area contributed by atoms with Crippen LogP contribution in [0, 0.1) is 5.92 Å². The van der Waals surface area contributed by atoms with Crippen LogP contribution in [0.15, 0.2) is 0 Å². The molecule has 0 radical (unpaired) electrons. The fraction of sp³-hybridized carbons (Fsp3) is 1.00. The van der Waals surface area contributed by atoms with Gasteiger partial charge in [0.15, 0.2) is 0 Å². The van der Waals surface area contributed by atoms with Gasteiger partial charge in [-0.25, -0.2) is 0 Å². The second-order valence-corrected chi connectivity index (χ2v) is 7.63. The van der Waals surface area contributed by atoms with E-state index in [9.17, 15) is 0 Å². The Hall–Kier alpha value is 0.660. The molecule has 16 heavy (non-hydrogen) atoms. The fourth-order valence-corrected chi connectivity index (χ4v) is 5.90. The zero-order valence-electron chi connectivity index (χ0n) is 10.6. The van der Waals surface area contributed by atoms with Crippen LogP contribution in [-0.4, -0.2) is 34.6 Å². The highest BCUT2D eigenvalue weighted by molar-refractivity contribution is 8.07. The first kappa shape index (κ1) is 13.1. The highest BCUT2D eigenvalue weighted by Crippen LogP contribution is 2.40. The summed E-state index contributed by atoms with van der Waals surface area (Å²) in [6, 6.07) is 0.778. The normalized spacial score (nSPS) is 32.6. The summed E-state index contributed by atoms with van der Waals surface area (Å²) >= 11 is 4.44. The molecule has 3 unspecified atom stereocenters. The Bertz CT molecular complexity index is 206. The van der Waals surface area contributed by atoms with Crippen LogP contribution in [0.5, 0.6) is 0 Å². The van der Waals surface area contributed by atoms with Crippen LogP contribution in [0.1, 0.15) is 39.5 Å². The van der Waals surface area contributed by atoms with E-state index in [0.717, 1.165) is 29.0 Å². The van der Waals surface area contributed by atoms with Crippen LogP contribution in [-0.2, 0) is 0 Å². The van der Waals surface area contributed by atoms with Gasteiger partial charge in [0.2, 0.25) is 0 Å². The minimum absolute atomic E-state index is 0.778. The largest absolute Gasteiger partial charge is 0.313 e. The van der Waals surface area contributed by atoms with Gasteiger partial charge in [-0.05, 0) is 25.3 Å². The lowest BCUT2D eigenvalue weighted by Gasteiger charge is -2.36. The average molecular weight is 259 g/mol. The molecule has 94 valence electrons. The second kappa shape index (κ2) is 6.55. The number of thioether (sulfide) groups is 2. The van der Waals surface area contributed by atoms with E-state index in [1.54, 1.807) is 0 Å². The first-order valence-electron chi connectivity index (χ1n) is 6.81. The van der Waals surface area contributed by atoms with Gasteiger partial charge < -0.3 is 5.32 Å². The van der Waals surface area contributed by atoms with Gasteiger partial charge in [-0.15, -0.1) is 0 Å². The van der Waals surface area contributed by atoms with Gasteiger partial charge >= 0.3 is 0 Å². The molecule has 0 aromatic heterocycles. The van der Waals surface area contributed by atoms with Crippen molar-refractivity contribution < 1.29 is 0 Å². The molecule has 1 heterocycles. The summed E-state index contributed by atoms with van der Waals surface area (Å²) in [6.07, 6.45) is 5.75. The molecule has 0 amide bonds. The van der Waals surface area contributed by atoms with Crippen molar-refractivity contribution in [3.8, 4) is 0 Å². The molecular weight excluding hydrogens is 234 g/mol. The molecule has 1 nitrogen and oxygen atoms in total. The predicted molar refractivity (Wildman–Crippen MR) is 77.6 cm³/mol. The summed E-state index contributed by atoms with van der Waals surface area (Å²) in [5.74, 6) is 3.77. The fourth-order valence-electron chi connectivity index (χ4n) is 2.62. The molecule has 1 N–H and O–H groups in total. The lowest BCUT2D eigenvalue weighted by molar-refractivity contribution is 0.443. The molecule has 3 heteroatoms. The van der Waals surface area contributed by atoms with Crippen LogP contribution in [0.4, 0.5) is 0 Å². The Labute approximate surface area is 109 Å². The molecule has 1 aliphatic carbocycles. The van der Waals surface area contributed by atoms with Crippen LogP contribution in [0.25, 0.3) is 0 Å². The zero-order valence-corrected chi connectivity index (χ0v) is 12.2. The van der Waals surface area contributed by atoms with E-state index < -0.39 is 0 Å². The molecule has 1 saturated heterocycles. The summed E-state index contributed by atoms with van der Waals surface area (Å²) in [7, 11) is 0. The van der Waals surface area contributed by atoms with Crippen molar-refractivity contribution in [2.24, 2.45) is 5.92 Å².